The van der Waals surface area contributed by atoms with Gasteiger partial charge in [-0.05, 0) is 18.8 Å². The molecule has 3 rings (SSSR count). The maximum absolute atomic E-state index is 5.93. The Bertz CT molecular complexity index is 421. The van der Waals surface area contributed by atoms with Crippen molar-refractivity contribution in [2.75, 3.05) is 26.9 Å². The van der Waals surface area contributed by atoms with Crippen molar-refractivity contribution in [3.05, 3.63) is 18.0 Å². The molecule has 2 aliphatic rings. The molecule has 1 unspecified atom stereocenters. The molecule has 1 saturated carbocycles. The predicted molar refractivity (Wildman–Crippen MR) is 71.7 cm³/mol. The van der Waals surface area contributed by atoms with Crippen molar-refractivity contribution in [3.8, 4) is 0 Å². The van der Waals surface area contributed by atoms with E-state index >= 15 is 0 Å². The van der Waals surface area contributed by atoms with Gasteiger partial charge in [-0.25, -0.2) is 0 Å². The molecule has 1 aliphatic carbocycles. The van der Waals surface area contributed by atoms with E-state index in [1.165, 1.54) is 12.0 Å². The van der Waals surface area contributed by atoms with E-state index in [2.05, 4.69) is 16.2 Å². The molecule has 0 spiro atoms. The van der Waals surface area contributed by atoms with Gasteiger partial charge in [-0.3, -0.25) is 9.58 Å². The van der Waals surface area contributed by atoms with Crippen LogP contribution in [0.3, 0.4) is 0 Å². The van der Waals surface area contributed by atoms with E-state index in [1.54, 1.807) is 7.11 Å². The molecule has 0 bridgehead atoms. The molecule has 106 valence electrons. The molecule has 3 atom stereocenters. The number of aromatic nitrogens is 2. The molecule has 0 N–H and O–H groups in total. The molecule has 1 aromatic heterocycles. The molecule has 5 nitrogen and oxygen atoms in total. The SMILES string of the molecule is COCC1C[C@@H]2[C@@H](C1)OCCN2Cc1cnn(C)c1. The van der Waals surface area contributed by atoms with Crippen LogP contribution in [-0.4, -0.2) is 53.7 Å². The molecule has 0 amide bonds. The fourth-order valence-electron chi connectivity index (χ4n) is 3.48. The van der Waals surface area contributed by atoms with Crippen molar-refractivity contribution < 1.29 is 9.47 Å². The topological polar surface area (TPSA) is 39.5 Å². The van der Waals surface area contributed by atoms with Crippen molar-refractivity contribution in [1.29, 1.82) is 0 Å². The number of nitrogens with zero attached hydrogens (tertiary/aromatic N) is 3. The molecule has 1 saturated heterocycles. The summed E-state index contributed by atoms with van der Waals surface area (Å²) in [4.78, 5) is 2.56. The van der Waals surface area contributed by atoms with Gasteiger partial charge in [-0.1, -0.05) is 0 Å². The zero-order chi connectivity index (χ0) is 13.2. The van der Waals surface area contributed by atoms with Crippen molar-refractivity contribution >= 4 is 0 Å². The predicted octanol–water partition coefficient (Wildman–Crippen LogP) is 1.05. The molecular formula is C14H23N3O2. The van der Waals surface area contributed by atoms with Gasteiger partial charge in [0, 0.05) is 51.7 Å². The number of ether oxygens (including phenoxy) is 2. The van der Waals surface area contributed by atoms with Gasteiger partial charge in [0.1, 0.15) is 0 Å². The average molecular weight is 265 g/mol. The number of aryl methyl sites for hydroxylation is 1. The molecular weight excluding hydrogens is 242 g/mol. The molecule has 19 heavy (non-hydrogen) atoms. The molecule has 2 fully saturated rings. The van der Waals surface area contributed by atoms with E-state index in [0.717, 1.165) is 32.7 Å². The zero-order valence-corrected chi connectivity index (χ0v) is 11.8. The fourth-order valence-corrected chi connectivity index (χ4v) is 3.48. The van der Waals surface area contributed by atoms with Crippen molar-refractivity contribution in [2.45, 2.75) is 31.5 Å². The fraction of sp³-hybridized carbons (Fsp3) is 0.786. The van der Waals surface area contributed by atoms with Gasteiger partial charge in [0.05, 0.1) is 18.9 Å². The summed E-state index contributed by atoms with van der Waals surface area (Å²) < 4.78 is 13.1. The van der Waals surface area contributed by atoms with Crippen LogP contribution in [-0.2, 0) is 23.1 Å². The standard InChI is InChI=1S/C14H23N3O2/c1-16-8-12(7-15-16)9-17-3-4-19-14-6-11(10-18-2)5-13(14)17/h7-8,11,13-14H,3-6,9-10H2,1-2H3/t11?,13-,14-/m1/s1. The molecule has 2 heterocycles. The van der Waals surface area contributed by atoms with Crippen LogP contribution in [0.25, 0.3) is 0 Å². The lowest BCUT2D eigenvalue weighted by Crippen LogP contribution is -2.47. The van der Waals surface area contributed by atoms with E-state index in [4.69, 9.17) is 9.47 Å². The highest BCUT2D eigenvalue weighted by molar-refractivity contribution is 5.05. The van der Waals surface area contributed by atoms with Gasteiger partial charge < -0.3 is 9.47 Å². The van der Waals surface area contributed by atoms with E-state index in [0.29, 0.717) is 18.1 Å². The summed E-state index contributed by atoms with van der Waals surface area (Å²) in [5.41, 5.74) is 1.29. The van der Waals surface area contributed by atoms with Crippen molar-refractivity contribution in [3.63, 3.8) is 0 Å². The van der Waals surface area contributed by atoms with Crippen molar-refractivity contribution in [2.24, 2.45) is 13.0 Å². The second-order valence-electron chi connectivity index (χ2n) is 5.76. The van der Waals surface area contributed by atoms with Crippen LogP contribution >= 0.6 is 0 Å². The summed E-state index contributed by atoms with van der Waals surface area (Å²) in [5, 5.41) is 4.25. The van der Waals surface area contributed by atoms with Gasteiger partial charge in [0.25, 0.3) is 0 Å². The Morgan fingerprint density at radius 1 is 1.47 bits per heavy atom. The van der Waals surface area contributed by atoms with E-state index in [-0.39, 0.29) is 0 Å². The Hall–Kier alpha value is -0.910. The maximum atomic E-state index is 5.93. The van der Waals surface area contributed by atoms with Crippen LogP contribution in [0.5, 0.6) is 0 Å². The van der Waals surface area contributed by atoms with Gasteiger partial charge in [-0.15, -0.1) is 0 Å². The first-order valence-electron chi connectivity index (χ1n) is 7.08. The lowest BCUT2D eigenvalue weighted by atomic mass is 10.1. The largest absolute Gasteiger partial charge is 0.384 e. The monoisotopic (exact) mass is 265 g/mol. The lowest BCUT2D eigenvalue weighted by Gasteiger charge is -2.37. The Morgan fingerprint density at radius 3 is 3.11 bits per heavy atom. The quantitative estimate of drug-likeness (QED) is 0.815. The third-order valence-corrected chi connectivity index (χ3v) is 4.30. The highest BCUT2D eigenvalue weighted by Crippen LogP contribution is 2.34. The number of hydrogen-bond donors (Lipinski definition) is 0. The summed E-state index contributed by atoms with van der Waals surface area (Å²) in [6.07, 6.45) is 6.80. The van der Waals surface area contributed by atoms with Crippen LogP contribution in [0.4, 0.5) is 0 Å². The first kappa shape index (κ1) is 13.1. The summed E-state index contributed by atoms with van der Waals surface area (Å²) >= 11 is 0. The Balaban J connectivity index is 1.65. The van der Waals surface area contributed by atoms with Crippen molar-refractivity contribution in [1.82, 2.24) is 14.7 Å². The lowest BCUT2D eigenvalue weighted by molar-refractivity contribution is -0.0590. The van der Waals surface area contributed by atoms with Crippen LogP contribution in [0, 0.1) is 5.92 Å². The number of methoxy groups -OCH3 is 1. The highest BCUT2D eigenvalue weighted by atomic mass is 16.5. The van der Waals surface area contributed by atoms with Gasteiger partial charge in [0.15, 0.2) is 0 Å². The summed E-state index contributed by atoms with van der Waals surface area (Å²) in [6.45, 7) is 3.71. The summed E-state index contributed by atoms with van der Waals surface area (Å²) in [6, 6.07) is 0.550. The molecule has 0 aromatic carbocycles. The Morgan fingerprint density at radius 2 is 2.37 bits per heavy atom. The zero-order valence-electron chi connectivity index (χ0n) is 11.8. The minimum atomic E-state index is 0.394. The summed E-state index contributed by atoms with van der Waals surface area (Å²) in [5.74, 6) is 0.648. The molecule has 0 radical (unpaired) electrons. The molecule has 5 heteroatoms. The Labute approximate surface area is 114 Å². The number of rotatable bonds is 4. The minimum absolute atomic E-state index is 0.394. The number of hydrogen-bond acceptors (Lipinski definition) is 4. The molecule has 1 aromatic rings. The Kier molecular flexibility index (Phi) is 3.86. The third-order valence-electron chi connectivity index (χ3n) is 4.30. The van der Waals surface area contributed by atoms with Gasteiger partial charge >= 0.3 is 0 Å². The third kappa shape index (κ3) is 2.83. The number of morpholine rings is 1. The maximum Gasteiger partial charge on any atom is 0.0734 e. The van der Waals surface area contributed by atoms with Gasteiger partial charge in [-0.2, -0.15) is 5.10 Å². The highest BCUT2D eigenvalue weighted by Gasteiger charge is 2.40. The van der Waals surface area contributed by atoms with E-state index < -0.39 is 0 Å². The second-order valence-corrected chi connectivity index (χ2v) is 5.76. The van der Waals surface area contributed by atoms with Crippen LogP contribution in [0.1, 0.15) is 18.4 Å². The average Bonchev–Trinajstić information content (AvgIpc) is 2.96. The van der Waals surface area contributed by atoms with Gasteiger partial charge in [0.2, 0.25) is 0 Å². The van der Waals surface area contributed by atoms with Crippen LogP contribution < -0.4 is 0 Å². The normalized spacial score (nSPS) is 31.6. The van der Waals surface area contributed by atoms with Crippen LogP contribution in [0.2, 0.25) is 0 Å². The minimum Gasteiger partial charge on any atom is -0.384 e. The first-order chi connectivity index (χ1) is 9.26. The van der Waals surface area contributed by atoms with E-state index in [9.17, 15) is 0 Å². The van der Waals surface area contributed by atoms with Crippen LogP contribution in [0.15, 0.2) is 12.4 Å². The first-order valence-corrected chi connectivity index (χ1v) is 7.08. The van der Waals surface area contributed by atoms with E-state index in [1.807, 2.05) is 17.9 Å². The smallest absolute Gasteiger partial charge is 0.0734 e. The number of fused-ring (bicyclic) bond motifs is 1. The summed E-state index contributed by atoms with van der Waals surface area (Å²) in [7, 11) is 3.76. The second kappa shape index (κ2) is 5.61. The molecule has 1 aliphatic heterocycles.